The van der Waals surface area contributed by atoms with Gasteiger partial charge in [-0.2, -0.15) is 0 Å². The molecule has 0 aliphatic heterocycles. The summed E-state index contributed by atoms with van der Waals surface area (Å²) in [6, 6.07) is 0. The summed E-state index contributed by atoms with van der Waals surface area (Å²) in [6.07, 6.45) is 7.53. The summed E-state index contributed by atoms with van der Waals surface area (Å²) in [5.74, 6) is 0. The van der Waals surface area contributed by atoms with E-state index in [1.165, 1.54) is 12.8 Å². The maximum Gasteiger partial charge on any atom is 0.0897 e. The molecule has 1 rings (SSSR count). The van der Waals surface area contributed by atoms with Crippen LogP contribution in [0.15, 0.2) is 12.2 Å². The largest absolute Gasteiger partial charge is 0.389 e. The summed E-state index contributed by atoms with van der Waals surface area (Å²) >= 11 is 0. The van der Waals surface area contributed by atoms with Crippen LogP contribution < -0.4 is 5.32 Å². The van der Waals surface area contributed by atoms with Crippen LogP contribution in [0.1, 0.15) is 19.3 Å². The molecule has 3 heteroatoms. The van der Waals surface area contributed by atoms with Crippen molar-refractivity contribution < 1.29 is 9.84 Å². The minimum atomic E-state index is -0.389. The second kappa shape index (κ2) is 6.13. The first kappa shape index (κ1) is 10.7. The van der Waals surface area contributed by atoms with Crippen molar-refractivity contribution in [1.82, 2.24) is 5.32 Å². The van der Waals surface area contributed by atoms with Crippen LogP contribution in [-0.4, -0.2) is 37.5 Å². The Balaban J connectivity index is 2.10. The average Bonchev–Trinajstić information content (AvgIpc) is 2.17. The Labute approximate surface area is 79.8 Å². The van der Waals surface area contributed by atoms with Gasteiger partial charge in [-0.1, -0.05) is 12.2 Å². The molecule has 2 N–H and O–H groups in total. The monoisotopic (exact) mass is 185 g/mol. The van der Waals surface area contributed by atoms with Crippen molar-refractivity contribution in [3.05, 3.63) is 12.2 Å². The molecule has 0 amide bonds. The number of likely N-dealkylation sites (N-methyl/N-ethyl adjacent to an activating group) is 1. The van der Waals surface area contributed by atoms with E-state index in [9.17, 15) is 5.11 Å². The van der Waals surface area contributed by atoms with Gasteiger partial charge in [0.15, 0.2) is 0 Å². The molecule has 2 unspecified atom stereocenters. The molecule has 0 fully saturated rings. The van der Waals surface area contributed by atoms with Gasteiger partial charge in [0.25, 0.3) is 0 Å². The van der Waals surface area contributed by atoms with Gasteiger partial charge in [0.1, 0.15) is 0 Å². The summed E-state index contributed by atoms with van der Waals surface area (Å²) < 4.78 is 5.52. The highest BCUT2D eigenvalue weighted by molar-refractivity contribution is 4.94. The lowest BCUT2D eigenvalue weighted by atomic mass is 10.1. The standard InChI is InChI=1S/C10H19NO2/c1-11-7-9(12)8-13-10-5-3-2-4-6-10/h3,5,9-12H,2,4,6-8H2,1H3. The van der Waals surface area contributed by atoms with Gasteiger partial charge in [-0.25, -0.2) is 0 Å². The third kappa shape index (κ3) is 4.41. The Bertz CT molecular complexity index is 159. The molecule has 0 aromatic heterocycles. The zero-order valence-corrected chi connectivity index (χ0v) is 8.20. The second-order valence-electron chi connectivity index (χ2n) is 3.44. The molecule has 0 radical (unpaired) electrons. The first-order valence-electron chi connectivity index (χ1n) is 4.94. The topological polar surface area (TPSA) is 41.5 Å². The van der Waals surface area contributed by atoms with Gasteiger partial charge in [-0.3, -0.25) is 0 Å². The number of ether oxygens (including phenoxy) is 1. The first-order valence-corrected chi connectivity index (χ1v) is 4.94. The number of aliphatic hydroxyl groups excluding tert-OH is 1. The molecule has 0 spiro atoms. The maximum absolute atomic E-state index is 9.37. The van der Waals surface area contributed by atoms with Gasteiger partial charge in [0.2, 0.25) is 0 Å². The Morgan fingerprint density at radius 3 is 3.15 bits per heavy atom. The highest BCUT2D eigenvalue weighted by Gasteiger charge is 2.10. The summed E-state index contributed by atoms with van der Waals surface area (Å²) in [6.45, 7) is 1.02. The Hall–Kier alpha value is -0.380. The van der Waals surface area contributed by atoms with Crippen LogP contribution in [0, 0.1) is 0 Å². The van der Waals surface area contributed by atoms with E-state index in [-0.39, 0.29) is 12.2 Å². The molecule has 0 heterocycles. The van der Waals surface area contributed by atoms with Gasteiger partial charge in [0, 0.05) is 6.54 Å². The lowest BCUT2D eigenvalue weighted by Crippen LogP contribution is -2.30. The number of hydrogen-bond acceptors (Lipinski definition) is 3. The van der Waals surface area contributed by atoms with E-state index < -0.39 is 0 Å². The van der Waals surface area contributed by atoms with E-state index in [4.69, 9.17) is 4.74 Å². The molecule has 0 aromatic rings. The SMILES string of the molecule is CNCC(O)COC1C=CCCC1. The molecule has 0 saturated carbocycles. The van der Waals surface area contributed by atoms with Crippen LogP contribution in [0.5, 0.6) is 0 Å². The van der Waals surface area contributed by atoms with E-state index in [2.05, 4.69) is 17.5 Å². The quantitative estimate of drug-likeness (QED) is 0.619. The Morgan fingerprint density at radius 2 is 2.54 bits per heavy atom. The van der Waals surface area contributed by atoms with Crippen molar-refractivity contribution in [2.75, 3.05) is 20.2 Å². The first-order chi connectivity index (χ1) is 6.33. The molecule has 13 heavy (non-hydrogen) atoms. The minimum absolute atomic E-state index is 0.222. The average molecular weight is 185 g/mol. The molecule has 0 saturated heterocycles. The van der Waals surface area contributed by atoms with Crippen molar-refractivity contribution in [1.29, 1.82) is 0 Å². The van der Waals surface area contributed by atoms with Gasteiger partial charge in [0.05, 0.1) is 18.8 Å². The molecule has 0 bridgehead atoms. The van der Waals surface area contributed by atoms with Gasteiger partial charge in [-0.15, -0.1) is 0 Å². The number of rotatable bonds is 5. The Kier molecular flexibility index (Phi) is 5.05. The van der Waals surface area contributed by atoms with Crippen LogP contribution >= 0.6 is 0 Å². The second-order valence-corrected chi connectivity index (χ2v) is 3.44. The lowest BCUT2D eigenvalue weighted by Gasteiger charge is -2.19. The van der Waals surface area contributed by atoms with Crippen LogP contribution in [0.2, 0.25) is 0 Å². The van der Waals surface area contributed by atoms with Crippen LogP contribution in [0.3, 0.4) is 0 Å². The molecule has 3 nitrogen and oxygen atoms in total. The summed E-state index contributed by atoms with van der Waals surface area (Å²) in [7, 11) is 1.82. The fraction of sp³-hybridized carbons (Fsp3) is 0.800. The number of aliphatic hydroxyl groups is 1. The predicted octanol–water partition coefficient (Wildman–Crippen LogP) is 0.692. The molecule has 76 valence electrons. The fourth-order valence-corrected chi connectivity index (χ4v) is 1.45. The van der Waals surface area contributed by atoms with E-state index in [0.29, 0.717) is 13.2 Å². The van der Waals surface area contributed by atoms with Crippen LogP contribution in [-0.2, 0) is 4.74 Å². The molecular weight excluding hydrogens is 166 g/mol. The normalized spacial score (nSPS) is 24.6. The summed E-state index contributed by atoms with van der Waals surface area (Å²) in [4.78, 5) is 0. The summed E-state index contributed by atoms with van der Waals surface area (Å²) in [5, 5.41) is 12.3. The highest BCUT2D eigenvalue weighted by atomic mass is 16.5. The number of nitrogens with one attached hydrogen (secondary N) is 1. The Morgan fingerprint density at radius 1 is 1.69 bits per heavy atom. The van der Waals surface area contributed by atoms with Crippen molar-refractivity contribution in [2.45, 2.75) is 31.5 Å². The van der Waals surface area contributed by atoms with Crippen molar-refractivity contribution in [2.24, 2.45) is 0 Å². The van der Waals surface area contributed by atoms with Gasteiger partial charge in [-0.05, 0) is 26.3 Å². The third-order valence-electron chi connectivity index (χ3n) is 2.15. The van der Waals surface area contributed by atoms with Crippen molar-refractivity contribution in [3.8, 4) is 0 Å². The smallest absolute Gasteiger partial charge is 0.0897 e. The highest BCUT2D eigenvalue weighted by Crippen LogP contribution is 2.13. The molecular formula is C10H19NO2. The van der Waals surface area contributed by atoms with E-state index >= 15 is 0 Å². The van der Waals surface area contributed by atoms with E-state index in [0.717, 1.165) is 6.42 Å². The van der Waals surface area contributed by atoms with Crippen LogP contribution in [0.4, 0.5) is 0 Å². The maximum atomic E-state index is 9.37. The third-order valence-corrected chi connectivity index (χ3v) is 2.15. The van der Waals surface area contributed by atoms with Gasteiger partial charge < -0.3 is 15.2 Å². The van der Waals surface area contributed by atoms with Gasteiger partial charge >= 0.3 is 0 Å². The molecule has 1 aliphatic carbocycles. The number of hydrogen-bond donors (Lipinski definition) is 2. The zero-order chi connectivity index (χ0) is 9.52. The predicted molar refractivity (Wildman–Crippen MR) is 52.7 cm³/mol. The fourth-order valence-electron chi connectivity index (χ4n) is 1.45. The van der Waals surface area contributed by atoms with Crippen molar-refractivity contribution >= 4 is 0 Å². The van der Waals surface area contributed by atoms with Crippen molar-refractivity contribution in [3.63, 3.8) is 0 Å². The lowest BCUT2D eigenvalue weighted by molar-refractivity contribution is 0.00605. The molecule has 1 aliphatic rings. The van der Waals surface area contributed by atoms with Crippen LogP contribution in [0.25, 0.3) is 0 Å². The molecule has 0 aromatic carbocycles. The zero-order valence-electron chi connectivity index (χ0n) is 8.20. The minimum Gasteiger partial charge on any atom is -0.389 e. The number of allylic oxidation sites excluding steroid dienone is 1. The molecule has 2 atom stereocenters. The summed E-state index contributed by atoms with van der Waals surface area (Å²) in [5.41, 5.74) is 0. The van der Waals surface area contributed by atoms with E-state index in [1.807, 2.05) is 7.05 Å². The van der Waals surface area contributed by atoms with E-state index in [1.54, 1.807) is 0 Å².